The average Bonchev–Trinajstić information content (AvgIpc) is 3.32. The van der Waals surface area contributed by atoms with Gasteiger partial charge in [-0.2, -0.15) is 10.2 Å². The largest absolute Gasteiger partial charge is 0.376 e. The van der Waals surface area contributed by atoms with Gasteiger partial charge < -0.3 is 10.1 Å². The first-order valence-electron chi connectivity index (χ1n) is 7.58. The number of fused-ring (bicyclic) bond motifs is 1. The molecule has 1 aromatic rings. The molecule has 22 heavy (non-hydrogen) atoms. The fourth-order valence-electron chi connectivity index (χ4n) is 2.71. The molecular formula is C17H19N3O2. The van der Waals surface area contributed by atoms with Gasteiger partial charge in [-0.05, 0) is 18.1 Å². The van der Waals surface area contributed by atoms with E-state index >= 15 is 0 Å². The number of carbonyl (C=O) groups is 1. The lowest BCUT2D eigenvalue weighted by atomic mass is 10.0. The van der Waals surface area contributed by atoms with E-state index in [0.717, 1.165) is 30.7 Å². The summed E-state index contributed by atoms with van der Waals surface area (Å²) < 4.78 is 5.49. The summed E-state index contributed by atoms with van der Waals surface area (Å²) in [7, 11) is 0. The number of amides is 1. The molecule has 1 amide bonds. The van der Waals surface area contributed by atoms with Crippen molar-refractivity contribution in [3.05, 3.63) is 29.3 Å². The van der Waals surface area contributed by atoms with Gasteiger partial charge >= 0.3 is 0 Å². The number of ether oxygens (including phenoxy) is 1. The maximum atomic E-state index is 12.2. The summed E-state index contributed by atoms with van der Waals surface area (Å²) in [6.45, 7) is 1.30. The van der Waals surface area contributed by atoms with Crippen LogP contribution < -0.4 is 5.32 Å². The average molecular weight is 297 g/mol. The van der Waals surface area contributed by atoms with Crippen molar-refractivity contribution >= 4 is 11.6 Å². The Labute approximate surface area is 130 Å². The summed E-state index contributed by atoms with van der Waals surface area (Å²) in [5.74, 6) is 2.57. The van der Waals surface area contributed by atoms with Gasteiger partial charge in [0.15, 0.2) is 5.66 Å². The number of benzene rings is 1. The Hall–Kier alpha value is -2.19. The van der Waals surface area contributed by atoms with Crippen molar-refractivity contribution in [1.29, 1.82) is 0 Å². The van der Waals surface area contributed by atoms with Crippen LogP contribution in [0.25, 0.3) is 0 Å². The third-order valence-corrected chi connectivity index (χ3v) is 4.11. The van der Waals surface area contributed by atoms with Crippen LogP contribution in [-0.4, -0.2) is 18.2 Å². The second kappa shape index (κ2) is 6.29. The van der Waals surface area contributed by atoms with Crippen LogP contribution in [-0.2, 0) is 22.6 Å². The van der Waals surface area contributed by atoms with E-state index in [1.807, 2.05) is 12.1 Å². The third kappa shape index (κ3) is 3.34. The van der Waals surface area contributed by atoms with Gasteiger partial charge in [0.2, 0.25) is 5.91 Å². The van der Waals surface area contributed by atoms with E-state index in [2.05, 4.69) is 27.5 Å². The van der Waals surface area contributed by atoms with Gasteiger partial charge in [-0.15, -0.1) is 12.3 Å². The van der Waals surface area contributed by atoms with Gasteiger partial charge in [0.1, 0.15) is 0 Å². The predicted molar refractivity (Wildman–Crippen MR) is 83.3 cm³/mol. The highest BCUT2D eigenvalue weighted by atomic mass is 16.5. The van der Waals surface area contributed by atoms with Gasteiger partial charge in [0.25, 0.3) is 0 Å². The molecule has 0 aromatic heterocycles. The molecule has 0 spiro atoms. The molecule has 2 heterocycles. The zero-order chi connectivity index (χ0) is 15.4. The van der Waals surface area contributed by atoms with E-state index in [1.165, 1.54) is 5.56 Å². The van der Waals surface area contributed by atoms with E-state index in [1.54, 1.807) is 0 Å². The monoisotopic (exact) mass is 297 g/mol. The summed E-state index contributed by atoms with van der Waals surface area (Å²) in [5, 5.41) is 11.1. The van der Waals surface area contributed by atoms with Crippen LogP contribution in [0.3, 0.4) is 0 Å². The first kappa shape index (κ1) is 14.7. The zero-order valence-corrected chi connectivity index (χ0v) is 12.5. The van der Waals surface area contributed by atoms with Crippen LogP contribution in [0.5, 0.6) is 0 Å². The molecular weight excluding hydrogens is 278 g/mol. The first-order valence-corrected chi connectivity index (χ1v) is 7.58. The van der Waals surface area contributed by atoms with Crippen LogP contribution in [0.1, 0.15) is 36.8 Å². The van der Waals surface area contributed by atoms with Gasteiger partial charge in [-0.1, -0.05) is 12.1 Å². The van der Waals surface area contributed by atoms with Crippen molar-refractivity contribution < 1.29 is 9.53 Å². The SMILES string of the molecule is C#CCCC1(CCC(=O)Nc2cccc3c2COCC3)N=N1. The van der Waals surface area contributed by atoms with E-state index in [0.29, 0.717) is 25.9 Å². The van der Waals surface area contributed by atoms with Crippen molar-refractivity contribution in [3.8, 4) is 12.3 Å². The highest BCUT2D eigenvalue weighted by Crippen LogP contribution is 2.37. The number of hydrogen-bond acceptors (Lipinski definition) is 4. The number of nitrogens with zero attached hydrogens (tertiary/aromatic N) is 2. The minimum atomic E-state index is -0.400. The van der Waals surface area contributed by atoms with Crippen molar-refractivity contribution in [3.63, 3.8) is 0 Å². The summed E-state index contributed by atoms with van der Waals surface area (Å²) >= 11 is 0. The number of rotatable bonds is 6. The van der Waals surface area contributed by atoms with E-state index < -0.39 is 5.66 Å². The highest BCUT2D eigenvalue weighted by molar-refractivity contribution is 5.91. The quantitative estimate of drug-likeness (QED) is 0.820. The second-order valence-corrected chi connectivity index (χ2v) is 5.68. The van der Waals surface area contributed by atoms with Crippen LogP contribution in [0.2, 0.25) is 0 Å². The van der Waals surface area contributed by atoms with Crippen molar-refractivity contribution in [2.24, 2.45) is 10.2 Å². The number of nitrogens with one attached hydrogen (secondary N) is 1. The lowest BCUT2D eigenvalue weighted by molar-refractivity contribution is -0.116. The Morgan fingerprint density at radius 1 is 1.41 bits per heavy atom. The molecule has 0 atom stereocenters. The van der Waals surface area contributed by atoms with Gasteiger partial charge in [0.05, 0.1) is 13.2 Å². The smallest absolute Gasteiger partial charge is 0.224 e. The van der Waals surface area contributed by atoms with Gasteiger partial charge in [-0.25, -0.2) is 0 Å². The van der Waals surface area contributed by atoms with Gasteiger partial charge in [0, 0.05) is 36.9 Å². The van der Waals surface area contributed by atoms with Crippen LogP contribution >= 0.6 is 0 Å². The van der Waals surface area contributed by atoms with Crippen LogP contribution in [0.4, 0.5) is 5.69 Å². The second-order valence-electron chi connectivity index (χ2n) is 5.68. The zero-order valence-electron chi connectivity index (χ0n) is 12.5. The molecule has 0 saturated carbocycles. The molecule has 1 aromatic carbocycles. The fraction of sp³-hybridized carbons (Fsp3) is 0.471. The number of carbonyl (C=O) groups excluding carboxylic acids is 1. The predicted octanol–water partition coefficient (Wildman–Crippen LogP) is 3.05. The maximum Gasteiger partial charge on any atom is 0.224 e. The Morgan fingerprint density at radius 3 is 3.05 bits per heavy atom. The lowest BCUT2D eigenvalue weighted by Crippen LogP contribution is -2.20. The molecule has 0 aliphatic carbocycles. The maximum absolute atomic E-state index is 12.2. The minimum absolute atomic E-state index is 0.0173. The van der Waals surface area contributed by atoms with E-state index in [4.69, 9.17) is 11.2 Å². The molecule has 0 unspecified atom stereocenters. The molecule has 0 radical (unpaired) electrons. The van der Waals surface area contributed by atoms with Crippen LogP contribution in [0, 0.1) is 12.3 Å². The van der Waals surface area contributed by atoms with E-state index in [-0.39, 0.29) is 5.91 Å². The Bertz CT molecular complexity index is 640. The highest BCUT2D eigenvalue weighted by Gasteiger charge is 2.39. The number of anilines is 1. The Kier molecular flexibility index (Phi) is 4.21. The standard InChI is InChI=1S/C17H19N3O2/c1-2-3-9-17(19-20-17)10-7-16(21)18-15-6-4-5-13-8-11-22-12-14(13)15/h1,4-6H,3,7-12H2,(H,18,21). The normalized spacial score (nSPS) is 17.4. The van der Waals surface area contributed by atoms with Crippen molar-refractivity contribution in [2.45, 2.75) is 44.4 Å². The minimum Gasteiger partial charge on any atom is -0.376 e. The molecule has 5 nitrogen and oxygen atoms in total. The molecule has 3 rings (SSSR count). The molecule has 0 bridgehead atoms. The summed E-state index contributed by atoms with van der Waals surface area (Å²) in [4.78, 5) is 12.2. The third-order valence-electron chi connectivity index (χ3n) is 4.11. The molecule has 0 fully saturated rings. The van der Waals surface area contributed by atoms with Crippen molar-refractivity contribution in [1.82, 2.24) is 0 Å². The topological polar surface area (TPSA) is 63.0 Å². The molecule has 114 valence electrons. The molecule has 0 saturated heterocycles. The van der Waals surface area contributed by atoms with Crippen LogP contribution in [0.15, 0.2) is 28.4 Å². The fourth-order valence-corrected chi connectivity index (χ4v) is 2.71. The Morgan fingerprint density at radius 2 is 2.27 bits per heavy atom. The summed E-state index contributed by atoms with van der Waals surface area (Å²) in [5.41, 5.74) is 2.79. The summed E-state index contributed by atoms with van der Waals surface area (Å²) in [6.07, 6.45) is 8.53. The first-order chi connectivity index (χ1) is 10.7. The van der Waals surface area contributed by atoms with Crippen molar-refractivity contribution in [2.75, 3.05) is 11.9 Å². The van der Waals surface area contributed by atoms with E-state index in [9.17, 15) is 4.79 Å². The molecule has 2 aliphatic heterocycles. The Balaban J connectivity index is 1.55. The van der Waals surface area contributed by atoms with Gasteiger partial charge in [-0.3, -0.25) is 4.79 Å². The summed E-state index contributed by atoms with van der Waals surface area (Å²) in [6, 6.07) is 5.98. The molecule has 5 heteroatoms. The number of hydrogen-bond donors (Lipinski definition) is 1. The number of terminal acetylenes is 1. The molecule has 2 aliphatic rings. The lowest BCUT2D eigenvalue weighted by Gasteiger charge is -2.20. The molecule has 1 N–H and O–H groups in total.